The molecule has 4 aromatic rings. The highest BCUT2D eigenvalue weighted by molar-refractivity contribution is 7.89. The maximum Gasteiger partial charge on any atom is 0.335 e. The van der Waals surface area contributed by atoms with Gasteiger partial charge in [-0.3, -0.25) is 4.57 Å². The van der Waals surface area contributed by atoms with Crippen LogP contribution < -0.4 is 10.4 Å². The molecular weight excluding hydrogens is 494 g/mol. The molecule has 1 fully saturated rings. The SMILES string of the molecule is CCCOc1ccc(S(=O)(=O)N2CCN(CC)CC2)cc1-c1cc2c([nH]1)c1nncn1c(=O)n2CCC. The molecule has 0 amide bonds. The molecule has 1 saturated heterocycles. The van der Waals surface area contributed by atoms with Crippen molar-refractivity contribution < 1.29 is 13.2 Å². The fraction of sp³-hybridized carbons (Fsp3) is 0.480. The molecule has 4 heterocycles. The van der Waals surface area contributed by atoms with E-state index in [9.17, 15) is 13.2 Å². The van der Waals surface area contributed by atoms with Gasteiger partial charge < -0.3 is 14.6 Å². The fourth-order valence-corrected chi connectivity index (χ4v) is 6.29. The van der Waals surface area contributed by atoms with Crippen LogP contribution in [-0.4, -0.2) is 81.1 Å². The lowest BCUT2D eigenvalue weighted by Crippen LogP contribution is -2.48. The summed E-state index contributed by atoms with van der Waals surface area (Å²) in [5, 5.41) is 8.08. The van der Waals surface area contributed by atoms with Crippen LogP contribution in [0.3, 0.4) is 0 Å². The minimum Gasteiger partial charge on any atom is -0.493 e. The fourth-order valence-electron chi connectivity index (χ4n) is 4.84. The van der Waals surface area contributed by atoms with Gasteiger partial charge in [0.05, 0.1) is 22.7 Å². The lowest BCUT2D eigenvalue weighted by Gasteiger charge is -2.33. The molecule has 1 aromatic carbocycles. The number of benzene rings is 1. The summed E-state index contributed by atoms with van der Waals surface area (Å²) < 4.78 is 37.8. The predicted octanol–water partition coefficient (Wildman–Crippen LogP) is 2.56. The van der Waals surface area contributed by atoms with E-state index in [0.717, 1.165) is 19.4 Å². The maximum absolute atomic E-state index is 13.6. The van der Waals surface area contributed by atoms with E-state index < -0.39 is 10.0 Å². The number of rotatable bonds is 9. The van der Waals surface area contributed by atoms with Crippen LogP contribution in [0.15, 0.2) is 40.3 Å². The summed E-state index contributed by atoms with van der Waals surface area (Å²) in [4.78, 5) is 18.9. The van der Waals surface area contributed by atoms with E-state index in [1.54, 1.807) is 27.1 Å². The Hall–Kier alpha value is -3.22. The monoisotopic (exact) mass is 527 g/mol. The van der Waals surface area contributed by atoms with E-state index in [4.69, 9.17) is 4.74 Å². The Balaban J connectivity index is 1.64. The van der Waals surface area contributed by atoms with Crippen LogP contribution in [-0.2, 0) is 16.6 Å². The average molecular weight is 528 g/mol. The van der Waals surface area contributed by atoms with Crippen molar-refractivity contribution in [3.05, 3.63) is 41.1 Å². The van der Waals surface area contributed by atoms with Gasteiger partial charge in [0.1, 0.15) is 17.6 Å². The van der Waals surface area contributed by atoms with E-state index in [0.29, 0.717) is 73.0 Å². The molecule has 0 saturated carbocycles. The second-order valence-corrected chi connectivity index (χ2v) is 11.2. The minimum absolute atomic E-state index is 0.216. The van der Waals surface area contributed by atoms with Crippen LogP contribution in [0.2, 0.25) is 0 Å². The largest absolute Gasteiger partial charge is 0.493 e. The highest BCUT2D eigenvalue weighted by Gasteiger charge is 2.29. The molecule has 1 aliphatic heterocycles. The lowest BCUT2D eigenvalue weighted by molar-refractivity contribution is 0.196. The molecule has 5 rings (SSSR count). The molecule has 198 valence electrons. The molecule has 3 aromatic heterocycles. The number of aromatic nitrogens is 5. The Morgan fingerprint density at radius 3 is 2.54 bits per heavy atom. The molecule has 1 N–H and O–H groups in total. The van der Waals surface area contributed by atoms with Gasteiger partial charge in [0.2, 0.25) is 10.0 Å². The number of likely N-dealkylation sites (N-methyl/N-ethyl adjacent to an activating group) is 1. The lowest BCUT2D eigenvalue weighted by atomic mass is 10.1. The Morgan fingerprint density at radius 1 is 1.05 bits per heavy atom. The van der Waals surface area contributed by atoms with Crippen LogP contribution in [0.25, 0.3) is 27.9 Å². The van der Waals surface area contributed by atoms with Gasteiger partial charge in [-0.15, -0.1) is 10.2 Å². The standard InChI is InChI=1S/C25H33N7O4S/c1-4-9-31-21-16-20(27-23(21)24-28-26-17-32(24)25(31)33)19-15-18(7-8-22(19)36-14-5-2)37(34,35)30-12-10-29(6-3)11-13-30/h7-8,15-17,27H,4-6,9-14H2,1-3H3. The van der Waals surface area contributed by atoms with Crippen molar-refractivity contribution in [1.82, 2.24) is 33.4 Å². The Labute approximate surface area is 215 Å². The zero-order valence-electron chi connectivity index (χ0n) is 21.5. The van der Waals surface area contributed by atoms with Gasteiger partial charge in [0.25, 0.3) is 0 Å². The number of nitrogens with zero attached hydrogens (tertiary/aromatic N) is 6. The molecule has 0 unspecified atom stereocenters. The van der Waals surface area contributed by atoms with Crippen molar-refractivity contribution in [3.63, 3.8) is 0 Å². The first kappa shape index (κ1) is 25.4. The number of hydrogen-bond acceptors (Lipinski definition) is 7. The molecule has 12 heteroatoms. The Bertz CT molecular complexity index is 1580. The first-order valence-corrected chi connectivity index (χ1v) is 14.3. The molecule has 11 nitrogen and oxygen atoms in total. The second-order valence-electron chi connectivity index (χ2n) is 9.25. The van der Waals surface area contributed by atoms with Gasteiger partial charge in [0, 0.05) is 38.3 Å². The van der Waals surface area contributed by atoms with E-state index in [1.807, 2.05) is 19.9 Å². The quantitative estimate of drug-likeness (QED) is 0.355. The van der Waals surface area contributed by atoms with Crippen LogP contribution in [0.5, 0.6) is 5.75 Å². The van der Waals surface area contributed by atoms with Gasteiger partial charge in [-0.05, 0) is 43.7 Å². The smallest absolute Gasteiger partial charge is 0.335 e. The van der Waals surface area contributed by atoms with Crippen LogP contribution >= 0.6 is 0 Å². The van der Waals surface area contributed by atoms with Gasteiger partial charge in [0.15, 0.2) is 5.65 Å². The summed E-state index contributed by atoms with van der Waals surface area (Å²) in [6.45, 7) is 10.4. The zero-order chi connectivity index (χ0) is 26.2. The van der Waals surface area contributed by atoms with Crippen molar-refractivity contribution in [1.29, 1.82) is 0 Å². The highest BCUT2D eigenvalue weighted by Crippen LogP contribution is 2.35. The van der Waals surface area contributed by atoms with Gasteiger partial charge in [-0.25, -0.2) is 17.6 Å². The van der Waals surface area contributed by atoms with Gasteiger partial charge in [-0.2, -0.15) is 4.31 Å². The molecule has 0 spiro atoms. The predicted molar refractivity (Wildman–Crippen MR) is 141 cm³/mol. The van der Waals surface area contributed by atoms with Crippen molar-refractivity contribution in [2.24, 2.45) is 0 Å². The van der Waals surface area contributed by atoms with Gasteiger partial charge >= 0.3 is 5.69 Å². The maximum atomic E-state index is 13.6. The number of sulfonamides is 1. The Morgan fingerprint density at radius 2 is 1.84 bits per heavy atom. The van der Waals surface area contributed by atoms with Crippen LogP contribution in [0.1, 0.15) is 33.6 Å². The molecule has 1 aliphatic rings. The third kappa shape index (κ3) is 4.53. The first-order valence-electron chi connectivity index (χ1n) is 12.8. The summed E-state index contributed by atoms with van der Waals surface area (Å²) in [6, 6.07) is 6.87. The van der Waals surface area contributed by atoms with Crippen molar-refractivity contribution in [2.45, 2.75) is 45.1 Å². The number of aryl methyl sites for hydroxylation is 1. The van der Waals surface area contributed by atoms with Crippen LogP contribution in [0, 0.1) is 0 Å². The number of piperazine rings is 1. The highest BCUT2D eigenvalue weighted by atomic mass is 32.2. The third-order valence-electron chi connectivity index (χ3n) is 6.86. The Kier molecular flexibility index (Phi) is 7.06. The normalized spacial score (nSPS) is 15.6. The van der Waals surface area contributed by atoms with E-state index in [2.05, 4.69) is 27.0 Å². The average Bonchev–Trinajstić information content (AvgIpc) is 3.58. The van der Waals surface area contributed by atoms with E-state index in [-0.39, 0.29) is 10.6 Å². The topological polar surface area (TPSA) is 118 Å². The summed E-state index contributed by atoms with van der Waals surface area (Å²) in [5.41, 5.74) is 2.82. The zero-order valence-corrected chi connectivity index (χ0v) is 22.3. The summed E-state index contributed by atoms with van der Waals surface area (Å²) in [5.74, 6) is 0.574. The summed E-state index contributed by atoms with van der Waals surface area (Å²) in [6.07, 6.45) is 2.99. The van der Waals surface area contributed by atoms with Crippen molar-refractivity contribution >= 4 is 26.7 Å². The van der Waals surface area contributed by atoms with Gasteiger partial charge in [-0.1, -0.05) is 20.8 Å². The molecule has 0 atom stereocenters. The summed E-state index contributed by atoms with van der Waals surface area (Å²) in [7, 11) is -3.69. The molecular formula is C25H33N7O4S. The van der Waals surface area contributed by atoms with E-state index >= 15 is 0 Å². The molecule has 37 heavy (non-hydrogen) atoms. The summed E-state index contributed by atoms with van der Waals surface area (Å²) >= 11 is 0. The number of H-pyrrole nitrogens is 1. The second kappa shape index (κ2) is 10.3. The van der Waals surface area contributed by atoms with E-state index in [1.165, 1.54) is 10.7 Å². The molecule has 0 aliphatic carbocycles. The van der Waals surface area contributed by atoms with Crippen molar-refractivity contribution in [2.75, 3.05) is 39.3 Å². The molecule has 0 radical (unpaired) electrons. The number of aromatic amines is 1. The molecule has 0 bridgehead atoms. The third-order valence-corrected chi connectivity index (χ3v) is 8.76. The number of fused-ring (bicyclic) bond motifs is 3. The number of nitrogens with one attached hydrogen (secondary N) is 1. The number of ether oxygens (including phenoxy) is 1. The number of hydrogen-bond donors (Lipinski definition) is 1. The first-order chi connectivity index (χ1) is 17.9. The van der Waals surface area contributed by atoms with Crippen LogP contribution in [0.4, 0.5) is 0 Å². The van der Waals surface area contributed by atoms with Crippen molar-refractivity contribution in [3.8, 4) is 17.0 Å². The minimum atomic E-state index is -3.69.